The van der Waals surface area contributed by atoms with Crippen molar-refractivity contribution in [2.75, 3.05) is 18.8 Å². The predicted molar refractivity (Wildman–Crippen MR) is 55.0 cm³/mol. The minimum absolute atomic E-state index is 0.236. The summed E-state index contributed by atoms with van der Waals surface area (Å²) in [5.74, 6) is 0.236. The molecule has 0 aliphatic heterocycles. The normalized spacial score (nSPS) is 11.5. The van der Waals surface area contributed by atoms with E-state index in [1.165, 1.54) is 0 Å². The summed E-state index contributed by atoms with van der Waals surface area (Å²) >= 11 is 4.81. The molecule has 0 aromatic carbocycles. The van der Waals surface area contributed by atoms with E-state index >= 15 is 0 Å². The molecule has 1 N–H and O–H groups in total. The van der Waals surface area contributed by atoms with E-state index in [0.717, 1.165) is 0 Å². The smallest absolute Gasteiger partial charge is 0.163 e. The van der Waals surface area contributed by atoms with Gasteiger partial charge in [0.2, 0.25) is 0 Å². The minimum atomic E-state index is -0.264. The van der Waals surface area contributed by atoms with Crippen LogP contribution in [0.3, 0.4) is 0 Å². The van der Waals surface area contributed by atoms with Gasteiger partial charge in [-0.1, -0.05) is 6.58 Å². The fourth-order valence-electron chi connectivity index (χ4n) is 0.603. The third-order valence-corrected chi connectivity index (χ3v) is 6.48. The lowest BCUT2D eigenvalue weighted by Gasteiger charge is -2.25. The number of aliphatic hydroxyl groups excluding tert-OH is 1. The van der Waals surface area contributed by atoms with Crippen molar-refractivity contribution in [3.05, 3.63) is 12.3 Å². The molecule has 0 heterocycles. The maximum Gasteiger partial charge on any atom is 0.163 e. The molecule has 10 heavy (non-hydrogen) atoms. The first-order valence-corrected chi connectivity index (χ1v) is 6.34. The zero-order valence-corrected chi connectivity index (χ0v) is 8.83. The Morgan fingerprint density at radius 3 is 1.50 bits per heavy atom. The molecule has 0 amide bonds. The van der Waals surface area contributed by atoms with Gasteiger partial charge in [-0.15, -0.1) is 35.3 Å². The Kier molecular flexibility index (Phi) is 4.73. The second-order valence-electron chi connectivity index (χ2n) is 1.62. The van der Waals surface area contributed by atoms with Crippen molar-refractivity contribution in [3.8, 4) is 0 Å². The van der Waals surface area contributed by atoms with E-state index in [-0.39, 0.29) is 9.17 Å². The first-order chi connectivity index (χ1) is 4.63. The van der Waals surface area contributed by atoms with Crippen LogP contribution in [0.15, 0.2) is 12.3 Å². The van der Waals surface area contributed by atoms with Crippen LogP contribution in [0, 0.1) is 0 Å². The molecule has 0 aromatic rings. The highest BCUT2D eigenvalue weighted by Gasteiger charge is 2.30. The Hall–Kier alpha value is 0.590. The number of hydrogen-bond acceptors (Lipinski definition) is 4. The molecule has 0 spiro atoms. The average Bonchev–Trinajstić information content (AvgIpc) is 1.92. The highest BCUT2D eigenvalue weighted by Crippen LogP contribution is 2.47. The second-order valence-corrected chi connectivity index (χ2v) is 5.45. The van der Waals surface area contributed by atoms with Crippen LogP contribution < -0.4 is 0 Å². The summed E-state index contributed by atoms with van der Waals surface area (Å²) in [6.07, 6.45) is 5.90. The molecule has 60 valence electrons. The molecule has 1 nitrogen and oxygen atoms in total. The molecule has 0 unspecified atom stereocenters. The molecule has 0 bridgehead atoms. The average molecular weight is 196 g/mol. The Balaban J connectivity index is 4.31. The molecule has 0 aliphatic carbocycles. The molecule has 0 radical (unpaired) electrons. The van der Waals surface area contributed by atoms with Gasteiger partial charge in [-0.2, -0.15) is 0 Å². The Morgan fingerprint density at radius 1 is 1.20 bits per heavy atom. The standard InChI is InChI=1S/C6H12OS3/c1-5(7)6(8-2,9-3)10-4/h7H,1H2,2-4H3. The molecule has 4 heteroatoms. The molecule has 0 atom stereocenters. The molecular formula is C6H12OS3. The van der Waals surface area contributed by atoms with Crippen molar-refractivity contribution in [2.45, 2.75) is 3.41 Å². The van der Waals surface area contributed by atoms with Crippen molar-refractivity contribution < 1.29 is 5.11 Å². The van der Waals surface area contributed by atoms with Gasteiger partial charge in [0.1, 0.15) is 5.76 Å². The SMILES string of the molecule is C=C(O)C(SC)(SC)SC. The fourth-order valence-corrected chi connectivity index (χ4v) is 3.31. The van der Waals surface area contributed by atoms with Crippen molar-refractivity contribution in [1.29, 1.82) is 0 Å². The van der Waals surface area contributed by atoms with Gasteiger partial charge in [0.15, 0.2) is 3.41 Å². The third kappa shape index (κ3) is 2.04. The number of rotatable bonds is 4. The van der Waals surface area contributed by atoms with E-state index in [0.29, 0.717) is 0 Å². The molecule has 0 fully saturated rings. The van der Waals surface area contributed by atoms with Gasteiger partial charge in [0.25, 0.3) is 0 Å². The van der Waals surface area contributed by atoms with Crippen molar-refractivity contribution in [1.82, 2.24) is 0 Å². The Bertz CT molecular complexity index is 112. The van der Waals surface area contributed by atoms with Gasteiger partial charge in [-0.05, 0) is 18.8 Å². The molecule has 0 aliphatic rings. The zero-order chi connectivity index (χ0) is 8.20. The van der Waals surface area contributed by atoms with Crippen LogP contribution in [0.5, 0.6) is 0 Å². The molecule has 0 saturated carbocycles. The maximum atomic E-state index is 9.21. The molecule has 0 rings (SSSR count). The second kappa shape index (κ2) is 4.46. The summed E-state index contributed by atoms with van der Waals surface area (Å²) in [5, 5.41) is 9.21. The van der Waals surface area contributed by atoms with E-state index in [1.807, 2.05) is 18.8 Å². The van der Waals surface area contributed by atoms with Gasteiger partial charge in [0, 0.05) is 0 Å². The van der Waals surface area contributed by atoms with E-state index in [4.69, 9.17) is 0 Å². The first-order valence-electron chi connectivity index (χ1n) is 2.66. The van der Waals surface area contributed by atoms with Gasteiger partial charge >= 0.3 is 0 Å². The summed E-state index contributed by atoms with van der Waals surface area (Å²) in [4.78, 5) is 0. The van der Waals surface area contributed by atoms with Crippen LogP contribution in [-0.4, -0.2) is 27.3 Å². The number of hydrogen-bond donors (Lipinski definition) is 1. The summed E-state index contributed by atoms with van der Waals surface area (Å²) in [7, 11) is 0. The van der Waals surface area contributed by atoms with Crippen molar-refractivity contribution >= 4 is 35.3 Å². The van der Waals surface area contributed by atoms with Crippen LogP contribution in [0.25, 0.3) is 0 Å². The van der Waals surface area contributed by atoms with Crippen molar-refractivity contribution in [3.63, 3.8) is 0 Å². The number of aliphatic hydroxyl groups is 1. The summed E-state index contributed by atoms with van der Waals surface area (Å²) in [6.45, 7) is 3.53. The van der Waals surface area contributed by atoms with E-state index < -0.39 is 0 Å². The van der Waals surface area contributed by atoms with E-state index in [1.54, 1.807) is 35.3 Å². The van der Waals surface area contributed by atoms with Gasteiger partial charge < -0.3 is 5.11 Å². The quantitative estimate of drug-likeness (QED) is 0.551. The first kappa shape index (κ1) is 10.6. The van der Waals surface area contributed by atoms with Crippen LogP contribution in [0.1, 0.15) is 0 Å². The Morgan fingerprint density at radius 2 is 1.50 bits per heavy atom. The minimum Gasteiger partial charge on any atom is -0.510 e. The highest BCUT2D eigenvalue weighted by atomic mass is 32.3. The maximum absolute atomic E-state index is 9.21. The zero-order valence-electron chi connectivity index (χ0n) is 6.38. The lowest BCUT2D eigenvalue weighted by atomic mass is 10.6. The molecule has 0 aromatic heterocycles. The van der Waals surface area contributed by atoms with Crippen LogP contribution in [0.2, 0.25) is 0 Å². The Labute approximate surface area is 75.0 Å². The van der Waals surface area contributed by atoms with Crippen LogP contribution in [0.4, 0.5) is 0 Å². The lowest BCUT2D eigenvalue weighted by molar-refractivity contribution is 0.409. The van der Waals surface area contributed by atoms with Gasteiger partial charge in [-0.3, -0.25) is 0 Å². The van der Waals surface area contributed by atoms with Crippen LogP contribution >= 0.6 is 35.3 Å². The van der Waals surface area contributed by atoms with E-state index in [9.17, 15) is 5.11 Å². The summed E-state index contributed by atoms with van der Waals surface area (Å²) in [6, 6.07) is 0. The monoisotopic (exact) mass is 196 g/mol. The van der Waals surface area contributed by atoms with E-state index in [2.05, 4.69) is 6.58 Å². The molecular weight excluding hydrogens is 184 g/mol. The highest BCUT2D eigenvalue weighted by molar-refractivity contribution is 8.33. The topological polar surface area (TPSA) is 20.2 Å². The van der Waals surface area contributed by atoms with Crippen LogP contribution in [-0.2, 0) is 0 Å². The lowest BCUT2D eigenvalue weighted by Crippen LogP contribution is -2.15. The van der Waals surface area contributed by atoms with Gasteiger partial charge in [0.05, 0.1) is 0 Å². The molecule has 0 saturated heterocycles. The number of thioether (sulfide) groups is 3. The summed E-state index contributed by atoms with van der Waals surface area (Å²) in [5.41, 5.74) is 0. The van der Waals surface area contributed by atoms with Gasteiger partial charge in [-0.25, -0.2) is 0 Å². The largest absolute Gasteiger partial charge is 0.510 e. The summed E-state index contributed by atoms with van der Waals surface area (Å²) < 4.78 is -0.264. The third-order valence-electron chi connectivity index (χ3n) is 1.16. The fraction of sp³-hybridized carbons (Fsp3) is 0.667. The van der Waals surface area contributed by atoms with Crippen molar-refractivity contribution in [2.24, 2.45) is 0 Å². The predicted octanol–water partition coefficient (Wildman–Crippen LogP) is 2.80.